The van der Waals surface area contributed by atoms with E-state index in [9.17, 15) is 0 Å². The fraction of sp³-hybridized carbons (Fsp3) is 0. The van der Waals surface area contributed by atoms with Gasteiger partial charge in [0.1, 0.15) is 0 Å². The number of nitrogens with zero attached hydrogens (tertiary/aromatic N) is 3. The summed E-state index contributed by atoms with van der Waals surface area (Å²) in [7, 11) is 0. The lowest BCUT2D eigenvalue weighted by atomic mass is 10.8. The summed E-state index contributed by atoms with van der Waals surface area (Å²) < 4.78 is 0. The van der Waals surface area contributed by atoms with Crippen LogP contribution in [0.1, 0.15) is 0 Å². The first-order valence-corrected chi connectivity index (χ1v) is 1.95. The zero-order valence-electron chi connectivity index (χ0n) is 3.92. The van der Waals surface area contributed by atoms with Crippen LogP contribution in [0, 0.1) is 11.5 Å². The van der Waals surface area contributed by atoms with Crippen molar-refractivity contribution >= 4 is 5.82 Å². The predicted molar refractivity (Wildman–Crippen MR) is 25.6 cm³/mol. The van der Waals surface area contributed by atoms with E-state index in [0.29, 0.717) is 5.82 Å². The van der Waals surface area contributed by atoms with Crippen molar-refractivity contribution < 1.29 is 0 Å². The zero-order chi connectivity index (χ0) is 5.82. The third-order valence-electron chi connectivity index (χ3n) is 0.601. The largest absolute Gasteiger partial charge is 0.274 e. The molecule has 0 unspecified atom stereocenters. The normalized spacial score (nSPS) is 7.88. The Kier molecular flexibility index (Phi) is 1.11. The van der Waals surface area contributed by atoms with Crippen LogP contribution in [-0.4, -0.2) is 15.4 Å². The van der Waals surface area contributed by atoms with E-state index in [4.69, 9.17) is 5.26 Å². The van der Waals surface area contributed by atoms with Gasteiger partial charge < -0.3 is 0 Å². The van der Waals surface area contributed by atoms with Crippen LogP contribution < -0.4 is 5.32 Å². The Morgan fingerprint density at radius 1 is 1.88 bits per heavy atom. The molecule has 1 aromatic heterocycles. The molecule has 40 valence electrons. The van der Waals surface area contributed by atoms with Crippen LogP contribution in [-0.2, 0) is 0 Å². The molecule has 1 heterocycles. The molecule has 2 N–H and O–H groups in total. The number of H-pyrrole nitrogens is 1. The van der Waals surface area contributed by atoms with Gasteiger partial charge in [-0.15, -0.1) is 5.10 Å². The average Bonchev–Trinajstić information content (AvgIpc) is 2.19. The van der Waals surface area contributed by atoms with E-state index in [1.807, 2.05) is 0 Å². The summed E-state index contributed by atoms with van der Waals surface area (Å²) in [4.78, 5) is 0. The SMILES string of the molecule is N#CNc1c[nH]nn1. The summed E-state index contributed by atoms with van der Waals surface area (Å²) in [5.41, 5.74) is 0. The lowest BCUT2D eigenvalue weighted by Gasteiger charge is -1.78. The van der Waals surface area contributed by atoms with Gasteiger partial charge in [0.25, 0.3) is 0 Å². The summed E-state index contributed by atoms with van der Waals surface area (Å²) in [6, 6.07) is 0. The van der Waals surface area contributed by atoms with Gasteiger partial charge >= 0.3 is 0 Å². The molecule has 5 heteroatoms. The zero-order valence-corrected chi connectivity index (χ0v) is 3.92. The van der Waals surface area contributed by atoms with E-state index in [0.717, 1.165) is 0 Å². The van der Waals surface area contributed by atoms with Crippen LogP contribution in [0.3, 0.4) is 0 Å². The highest BCUT2D eigenvalue weighted by molar-refractivity contribution is 5.33. The minimum atomic E-state index is 0.438. The Morgan fingerprint density at radius 3 is 3.25 bits per heavy atom. The summed E-state index contributed by atoms with van der Waals surface area (Å²) in [5.74, 6) is 0.438. The van der Waals surface area contributed by atoms with Gasteiger partial charge in [0, 0.05) is 0 Å². The van der Waals surface area contributed by atoms with Crippen molar-refractivity contribution in [3.8, 4) is 6.19 Å². The number of aromatic nitrogens is 3. The van der Waals surface area contributed by atoms with Gasteiger partial charge in [-0.3, -0.25) is 10.4 Å². The number of nitriles is 1. The van der Waals surface area contributed by atoms with Crippen molar-refractivity contribution in [1.29, 1.82) is 5.26 Å². The fourth-order valence-corrected chi connectivity index (χ4v) is 0.320. The molecule has 0 aromatic carbocycles. The molecule has 0 fully saturated rings. The van der Waals surface area contributed by atoms with Gasteiger partial charge in [-0.1, -0.05) is 5.21 Å². The Morgan fingerprint density at radius 2 is 2.75 bits per heavy atom. The quantitative estimate of drug-likeness (QED) is 0.383. The third kappa shape index (κ3) is 0.733. The average molecular weight is 109 g/mol. The van der Waals surface area contributed by atoms with Gasteiger partial charge in [-0.25, -0.2) is 0 Å². The molecular weight excluding hydrogens is 106 g/mol. The first kappa shape index (κ1) is 4.59. The number of hydrogen-bond acceptors (Lipinski definition) is 4. The van der Waals surface area contributed by atoms with Crippen LogP contribution in [0.4, 0.5) is 5.82 Å². The number of nitrogens with one attached hydrogen (secondary N) is 2. The minimum Gasteiger partial charge on any atom is -0.274 e. The first-order chi connectivity index (χ1) is 3.93. The van der Waals surface area contributed by atoms with Crippen molar-refractivity contribution in [3.05, 3.63) is 6.20 Å². The predicted octanol–water partition coefficient (Wildman–Crippen LogP) is -0.302. The molecule has 0 amide bonds. The van der Waals surface area contributed by atoms with E-state index in [1.165, 1.54) is 6.20 Å². The van der Waals surface area contributed by atoms with Crippen LogP contribution in [0.15, 0.2) is 6.20 Å². The molecule has 0 aliphatic rings. The smallest absolute Gasteiger partial charge is 0.182 e. The topological polar surface area (TPSA) is 77.4 Å². The Hall–Kier alpha value is -1.57. The highest BCUT2D eigenvalue weighted by atomic mass is 15.3. The standard InChI is InChI=1S/C3H3N5/c4-2-5-3-1-6-8-7-3/h1H,(H2,5,6,7,8). The second kappa shape index (κ2) is 1.93. The Bertz CT molecular complexity index is 182. The monoisotopic (exact) mass is 109 g/mol. The van der Waals surface area contributed by atoms with E-state index in [-0.39, 0.29) is 0 Å². The van der Waals surface area contributed by atoms with E-state index >= 15 is 0 Å². The molecule has 0 saturated heterocycles. The van der Waals surface area contributed by atoms with Gasteiger partial charge in [-0.2, -0.15) is 5.26 Å². The summed E-state index contributed by atoms with van der Waals surface area (Å²) in [5, 5.41) is 19.5. The molecule has 1 rings (SSSR count). The number of anilines is 1. The Balaban J connectivity index is 2.67. The molecule has 0 radical (unpaired) electrons. The van der Waals surface area contributed by atoms with Crippen molar-refractivity contribution in [2.45, 2.75) is 0 Å². The lowest BCUT2D eigenvalue weighted by molar-refractivity contribution is 0.942. The van der Waals surface area contributed by atoms with Crippen molar-refractivity contribution in [2.75, 3.05) is 5.32 Å². The number of aromatic amines is 1. The lowest BCUT2D eigenvalue weighted by Crippen LogP contribution is -1.85. The van der Waals surface area contributed by atoms with Crippen molar-refractivity contribution in [1.82, 2.24) is 15.4 Å². The fourth-order valence-electron chi connectivity index (χ4n) is 0.320. The maximum atomic E-state index is 8.00. The van der Waals surface area contributed by atoms with Crippen molar-refractivity contribution in [2.24, 2.45) is 0 Å². The highest BCUT2D eigenvalue weighted by Gasteiger charge is 1.87. The second-order valence-corrected chi connectivity index (χ2v) is 1.10. The maximum Gasteiger partial charge on any atom is 0.182 e. The van der Waals surface area contributed by atoms with Gasteiger partial charge in [-0.05, 0) is 0 Å². The number of hydrogen-bond donors (Lipinski definition) is 2. The minimum absolute atomic E-state index is 0.438. The molecule has 0 bridgehead atoms. The highest BCUT2D eigenvalue weighted by Crippen LogP contribution is 1.91. The molecule has 0 atom stereocenters. The molecule has 8 heavy (non-hydrogen) atoms. The molecule has 1 aromatic rings. The van der Waals surface area contributed by atoms with Gasteiger partial charge in [0.15, 0.2) is 12.0 Å². The van der Waals surface area contributed by atoms with Crippen molar-refractivity contribution in [3.63, 3.8) is 0 Å². The third-order valence-corrected chi connectivity index (χ3v) is 0.601. The molecule has 0 saturated carbocycles. The van der Waals surface area contributed by atoms with E-state index < -0.39 is 0 Å². The van der Waals surface area contributed by atoms with Crippen LogP contribution >= 0.6 is 0 Å². The Labute approximate surface area is 45.3 Å². The summed E-state index contributed by atoms with van der Waals surface area (Å²) >= 11 is 0. The van der Waals surface area contributed by atoms with Gasteiger partial charge in [0.05, 0.1) is 6.20 Å². The second-order valence-electron chi connectivity index (χ2n) is 1.10. The molecular formula is C3H3N5. The van der Waals surface area contributed by atoms with Crippen LogP contribution in [0.25, 0.3) is 0 Å². The molecule has 0 aliphatic carbocycles. The summed E-state index contributed by atoms with van der Waals surface area (Å²) in [6.45, 7) is 0. The maximum absolute atomic E-state index is 8.00. The van der Waals surface area contributed by atoms with Crippen LogP contribution in [0.5, 0.6) is 0 Å². The van der Waals surface area contributed by atoms with E-state index in [1.54, 1.807) is 6.19 Å². The molecule has 0 spiro atoms. The van der Waals surface area contributed by atoms with Gasteiger partial charge in [0.2, 0.25) is 0 Å². The van der Waals surface area contributed by atoms with Crippen LogP contribution in [0.2, 0.25) is 0 Å². The number of rotatable bonds is 1. The first-order valence-electron chi connectivity index (χ1n) is 1.95. The van der Waals surface area contributed by atoms with E-state index in [2.05, 4.69) is 20.7 Å². The molecule has 5 nitrogen and oxygen atoms in total. The molecule has 0 aliphatic heterocycles. The summed E-state index contributed by atoms with van der Waals surface area (Å²) in [6.07, 6.45) is 3.19.